The molecule has 1 saturated heterocycles. The molecule has 0 radical (unpaired) electrons. The van der Waals surface area contributed by atoms with E-state index in [1.54, 1.807) is 4.90 Å². The van der Waals surface area contributed by atoms with Gasteiger partial charge in [0, 0.05) is 18.7 Å². The molecule has 1 amide bonds. The third-order valence-electron chi connectivity index (χ3n) is 3.09. The second kappa shape index (κ2) is 8.68. The van der Waals surface area contributed by atoms with Crippen LogP contribution in [0.15, 0.2) is 0 Å². The summed E-state index contributed by atoms with van der Waals surface area (Å²) in [4.78, 5) is 13.5. The van der Waals surface area contributed by atoms with E-state index < -0.39 is 6.10 Å². The number of carbonyl (C=O) groups is 1. The van der Waals surface area contributed by atoms with E-state index in [0.29, 0.717) is 13.2 Å². The predicted octanol–water partition coefficient (Wildman–Crippen LogP) is 0.389. The summed E-state index contributed by atoms with van der Waals surface area (Å²) < 4.78 is 10.9. The molecule has 6 nitrogen and oxygen atoms in total. The van der Waals surface area contributed by atoms with E-state index in [0.717, 1.165) is 19.4 Å². The summed E-state index contributed by atoms with van der Waals surface area (Å²) in [6.07, 6.45) is 1.69. The van der Waals surface area contributed by atoms with Crippen molar-refractivity contribution in [2.75, 3.05) is 40.0 Å². The number of rotatable bonds is 8. The Morgan fingerprint density at radius 2 is 2.24 bits per heavy atom. The minimum atomic E-state index is -0.598. The summed E-state index contributed by atoms with van der Waals surface area (Å²) >= 11 is 0. The first-order valence-electron chi connectivity index (χ1n) is 7.63. The summed E-state index contributed by atoms with van der Waals surface area (Å²) in [5, 5.41) is 12.8. The summed E-state index contributed by atoms with van der Waals surface area (Å²) in [5.74, 6) is -0.0440. The van der Waals surface area contributed by atoms with Gasteiger partial charge in [-0.05, 0) is 40.7 Å². The summed E-state index contributed by atoms with van der Waals surface area (Å²) in [5.41, 5.74) is -0.235. The molecule has 0 aliphatic carbocycles. The van der Waals surface area contributed by atoms with Gasteiger partial charge in [0.05, 0.1) is 32.0 Å². The number of aliphatic hydroxyl groups excluding tert-OH is 1. The Morgan fingerprint density at radius 3 is 2.81 bits per heavy atom. The van der Waals surface area contributed by atoms with Crippen LogP contribution in [0.4, 0.5) is 0 Å². The summed E-state index contributed by atoms with van der Waals surface area (Å²) in [7, 11) is 1.81. The van der Waals surface area contributed by atoms with E-state index in [2.05, 4.69) is 5.32 Å². The fourth-order valence-electron chi connectivity index (χ4n) is 2.29. The largest absolute Gasteiger partial charge is 0.389 e. The van der Waals surface area contributed by atoms with E-state index in [1.165, 1.54) is 0 Å². The number of aliphatic hydroxyl groups is 1. The molecule has 1 heterocycles. The lowest BCUT2D eigenvalue weighted by molar-refractivity contribution is -0.123. The van der Waals surface area contributed by atoms with Gasteiger partial charge >= 0.3 is 0 Å². The first kappa shape index (κ1) is 18.4. The molecule has 0 bridgehead atoms. The summed E-state index contributed by atoms with van der Waals surface area (Å²) in [6.45, 7) is 8.11. The highest BCUT2D eigenvalue weighted by Gasteiger charge is 2.18. The Morgan fingerprint density at radius 1 is 1.52 bits per heavy atom. The van der Waals surface area contributed by atoms with Crippen molar-refractivity contribution in [1.29, 1.82) is 0 Å². The maximum Gasteiger partial charge on any atom is 0.234 e. The van der Waals surface area contributed by atoms with Crippen molar-refractivity contribution >= 4 is 5.91 Å². The molecule has 6 heteroatoms. The number of amides is 1. The van der Waals surface area contributed by atoms with Gasteiger partial charge in [0.15, 0.2) is 0 Å². The van der Waals surface area contributed by atoms with Crippen molar-refractivity contribution in [1.82, 2.24) is 10.2 Å². The van der Waals surface area contributed by atoms with Gasteiger partial charge in [-0.25, -0.2) is 0 Å². The van der Waals surface area contributed by atoms with Crippen LogP contribution in [0.25, 0.3) is 0 Å². The molecule has 21 heavy (non-hydrogen) atoms. The van der Waals surface area contributed by atoms with Gasteiger partial charge in [-0.1, -0.05) is 0 Å². The Labute approximate surface area is 127 Å². The van der Waals surface area contributed by atoms with Crippen LogP contribution >= 0.6 is 0 Å². The second-order valence-corrected chi connectivity index (χ2v) is 6.82. The molecule has 1 aliphatic rings. The zero-order valence-electron chi connectivity index (χ0n) is 13.7. The molecular weight excluding hydrogens is 272 g/mol. The first-order chi connectivity index (χ1) is 9.76. The highest BCUT2D eigenvalue weighted by Crippen LogP contribution is 2.11. The van der Waals surface area contributed by atoms with Crippen LogP contribution in [0.3, 0.4) is 0 Å². The fourth-order valence-corrected chi connectivity index (χ4v) is 2.29. The lowest BCUT2D eigenvalue weighted by Crippen LogP contribution is -2.46. The number of hydrogen-bond donors (Lipinski definition) is 2. The van der Waals surface area contributed by atoms with Crippen LogP contribution in [0.5, 0.6) is 0 Å². The van der Waals surface area contributed by atoms with Crippen molar-refractivity contribution in [3.05, 3.63) is 0 Å². The molecule has 0 aromatic carbocycles. The van der Waals surface area contributed by atoms with Gasteiger partial charge in [-0.15, -0.1) is 0 Å². The zero-order chi connectivity index (χ0) is 15.9. The number of nitrogens with zero attached hydrogens (tertiary/aromatic N) is 1. The first-order valence-corrected chi connectivity index (χ1v) is 7.63. The van der Waals surface area contributed by atoms with Crippen LogP contribution in [0, 0.1) is 0 Å². The number of ether oxygens (including phenoxy) is 2. The third kappa shape index (κ3) is 9.03. The molecule has 2 atom stereocenters. The Hall–Kier alpha value is -0.690. The van der Waals surface area contributed by atoms with Gasteiger partial charge in [-0.2, -0.15) is 0 Å². The van der Waals surface area contributed by atoms with Crippen LogP contribution in [0.2, 0.25) is 0 Å². The highest BCUT2D eigenvalue weighted by molar-refractivity contribution is 5.78. The highest BCUT2D eigenvalue weighted by atomic mass is 16.5. The second-order valence-electron chi connectivity index (χ2n) is 6.82. The van der Waals surface area contributed by atoms with Gasteiger partial charge in [0.25, 0.3) is 0 Å². The molecule has 1 rings (SSSR count). The molecule has 2 N–H and O–H groups in total. The van der Waals surface area contributed by atoms with Crippen molar-refractivity contribution < 1.29 is 19.4 Å². The van der Waals surface area contributed by atoms with E-state index in [9.17, 15) is 9.90 Å². The van der Waals surface area contributed by atoms with E-state index in [1.807, 2.05) is 27.8 Å². The lowest BCUT2D eigenvalue weighted by Gasteiger charge is -2.24. The van der Waals surface area contributed by atoms with Gasteiger partial charge in [-0.3, -0.25) is 9.69 Å². The minimum absolute atomic E-state index is 0.0440. The Bertz CT molecular complexity index is 311. The Balaban J connectivity index is 2.11. The van der Waals surface area contributed by atoms with Crippen molar-refractivity contribution in [2.24, 2.45) is 0 Å². The van der Waals surface area contributed by atoms with Crippen molar-refractivity contribution in [2.45, 2.75) is 51.4 Å². The maximum atomic E-state index is 11.8. The number of likely N-dealkylation sites (N-methyl/N-ethyl adjacent to an activating group) is 1. The van der Waals surface area contributed by atoms with Crippen LogP contribution in [-0.4, -0.2) is 73.6 Å². The summed E-state index contributed by atoms with van der Waals surface area (Å²) in [6, 6.07) is 0. The smallest absolute Gasteiger partial charge is 0.234 e. The topological polar surface area (TPSA) is 71.0 Å². The molecular formula is C15H30N2O4. The lowest BCUT2D eigenvalue weighted by atomic mass is 10.1. The quantitative estimate of drug-likeness (QED) is 0.679. The monoisotopic (exact) mass is 302 g/mol. The van der Waals surface area contributed by atoms with E-state index in [4.69, 9.17) is 9.47 Å². The van der Waals surface area contributed by atoms with E-state index in [-0.39, 0.29) is 30.7 Å². The van der Waals surface area contributed by atoms with Crippen LogP contribution < -0.4 is 5.32 Å². The zero-order valence-corrected chi connectivity index (χ0v) is 13.7. The molecule has 0 aromatic rings. The average molecular weight is 302 g/mol. The van der Waals surface area contributed by atoms with Crippen LogP contribution in [0.1, 0.15) is 33.6 Å². The minimum Gasteiger partial charge on any atom is -0.389 e. The Kier molecular flexibility index (Phi) is 7.59. The van der Waals surface area contributed by atoms with Crippen molar-refractivity contribution in [3.8, 4) is 0 Å². The van der Waals surface area contributed by atoms with Gasteiger partial charge < -0.3 is 19.9 Å². The molecule has 0 spiro atoms. The fraction of sp³-hybridized carbons (Fsp3) is 0.933. The number of carbonyl (C=O) groups excluding carboxylic acids is 1. The SMILES string of the molecule is CN(CC(=O)NC(C)(C)C)CC(O)COCC1CCCO1. The normalized spacial score (nSPS) is 20.8. The average Bonchev–Trinajstić information content (AvgIpc) is 2.78. The maximum absolute atomic E-state index is 11.8. The van der Waals surface area contributed by atoms with Crippen LogP contribution in [-0.2, 0) is 14.3 Å². The molecule has 0 saturated carbocycles. The molecule has 0 aromatic heterocycles. The molecule has 1 fully saturated rings. The molecule has 2 unspecified atom stereocenters. The molecule has 1 aliphatic heterocycles. The third-order valence-corrected chi connectivity index (χ3v) is 3.09. The standard InChI is InChI=1S/C15H30N2O4/c1-15(2,3)16-14(19)9-17(4)8-12(18)10-20-11-13-6-5-7-21-13/h12-13,18H,5-11H2,1-4H3,(H,16,19). The molecule has 124 valence electrons. The number of nitrogens with one attached hydrogen (secondary N) is 1. The number of hydrogen-bond acceptors (Lipinski definition) is 5. The van der Waals surface area contributed by atoms with Crippen molar-refractivity contribution in [3.63, 3.8) is 0 Å². The van der Waals surface area contributed by atoms with E-state index >= 15 is 0 Å². The predicted molar refractivity (Wildman–Crippen MR) is 81.2 cm³/mol. The van der Waals surface area contributed by atoms with Gasteiger partial charge in [0.1, 0.15) is 0 Å². The van der Waals surface area contributed by atoms with Gasteiger partial charge in [0.2, 0.25) is 5.91 Å².